The molecule has 28 heavy (non-hydrogen) atoms. The Labute approximate surface area is 164 Å². The van der Waals surface area contributed by atoms with Crippen molar-refractivity contribution in [2.45, 2.75) is 19.5 Å². The topological polar surface area (TPSA) is 62.3 Å². The van der Waals surface area contributed by atoms with Crippen molar-refractivity contribution in [2.24, 2.45) is 0 Å². The minimum absolute atomic E-state index is 0.0473. The summed E-state index contributed by atoms with van der Waals surface area (Å²) >= 11 is 0. The molecule has 5 nitrogen and oxygen atoms in total. The molecular formula is C23H21N3O2. The van der Waals surface area contributed by atoms with Crippen LogP contribution in [0.3, 0.4) is 0 Å². The number of nitrogens with one attached hydrogen (secondary N) is 1. The summed E-state index contributed by atoms with van der Waals surface area (Å²) in [7, 11) is 0. The first-order valence-corrected chi connectivity index (χ1v) is 9.35. The number of nitrogens with zero attached hydrogens (tertiary/aromatic N) is 2. The van der Waals surface area contributed by atoms with Crippen LogP contribution in [0.5, 0.6) is 0 Å². The molecule has 0 saturated carbocycles. The fourth-order valence-corrected chi connectivity index (χ4v) is 3.42. The molecule has 2 aromatic carbocycles. The number of amides is 2. The van der Waals surface area contributed by atoms with Crippen molar-refractivity contribution in [2.75, 3.05) is 6.54 Å². The summed E-state index contributed by atoms with van der Waals surface area (Å²) in [5, 5.41) is 2.85. The smallest absolute Gasteiger partial charge is 0.254 e. The van der Waals surface area contributed by atoms with Crippen molar-refractivity contribution >= 4 is 11.8 Å². The van der Waals surface area contributed by atoms with Crippen LogP contribution < -0.4 is 5.32 Å². The molecule has 0 fully saturated rings. The zero-order valence-corrected chi connectivity index (χ0v) is 15.5. The SMILES string of the molecule is O=C(NCc1ccccn1)c1cccc(C(=O)N2CCc3ccccc3C2)c1. The fraction of sp³-hybridized carbons (Fsp3) is 0.174. The van der Waals surface area contributed by atoms with Gasteiger partial charge < -0.3 is 10.2 Å². The summed E-state index contributed by atoms with van der Waals surface area (Å²) in [4.78, 5) is 31.5. The predicted octanol–water partition coefficient (Wildman–Crippen LogP) is 3.21. The lowest BCUT2D eigenvalue weighted by atomic mass is 9.99. The zero-order valence-electron chi connectivity index (χ0n) is 15.5. The third-order valence-electron chi connectivity index (χ3n) is 4.95. The lowest BCUT2D eigenvalue weighted by Gasteiger charge is -2.29. The summed E-state index contributed by atoms with van der Waals surface area (Å²) in [6.07, 6.45) is 2.55. The monoisotopic (exact) mass is 371 g/mol. The van der Waals surface area contributed by atoms with Crippen LogP contribution in [0.2, 0.25) is 0 Å². The highest BCUT2D eigenvalue weighted by Gasteiger charge is 2.22. The highest BCUT2D eigenvalue weighted by Crippen LogP contribution is 2.20. The summed E-state index contributed by atoms with van der Waals surface area (Å²) in [6, 6.07) is 20.7. The molecule has 0 radical (unpaired) electrons. The molecule has 5 heteroatoms. The van der Waals surface area contributed by atoms with Crippen molar-refractivity contribution in [3.8, 4) is 0 Å². The number of carbonyl (C=O) groups excluding carboxylic acids is 2. The number of pyridine rings is 1. The van der Waals surface area contributed by atoms with E-state index in [1.54, 1.807) is 30.5 Å². The van der Waals surface area contributed by atoms with E-state index in [-0.39, 0.29) is 11.8 Å². The number of benzene rings is 2. The maximum atomic E-state index is 12.9. The summed E-state index contributed by atoms with van der Waals surface area (Å²) in [6.45, 7) is 1.64. The molecule has 0 aliphatic carbocycles. The van der Waals surface area contributed by atoms with Crippen LogP contribution in [-0.2, 0) is 19.5 Å². The number of carbonyl (C=O) groups is 2. The van der Waals surface area contributed by atoms with Gasteiger partial charge in [-0.05, 0) is 47.9 Å². The van der Waals surface area contributed by atoms with Crippen LogP contribution in [0, 0.1) is 0 Å². The Balaban J connectivity index is 1.44. The van der Waals surface area contributed by atoms with Crippen LogP contribution in [0.4, 0.5) is 0 Å². The number of fused-ring (bicyclic) bond motifs is 1. The Hall–Kier alpha value is -3.47. The molecule has 0 spiro atoms. The predicted molar refractivity (Wildman–Crippen MR) is 107 cm³/mol. The Morgan fingerprint density at radius 3 is 2.54 bits per heavy atom. The average Bonchev–Trinajstić information content (AvgIpc) is 2.77. The number of rotatable bonds is 4. The van der Waals surface area contributed by atoms with Gasteiger partial charge in [-0.15, -0.1) is 0 Å². The normalized spacial score (nSPS) is 12.9. The van der Waals surface area contributed by atoms with Crippen LogP contribution in [-0.4, -0.2) is 28.2 Å². The molecule has 140 valence electrons. The quantitative estimate of drug-likeness (QED) is 0.766. The van der Waals surface area contributed by atoms with E-state index in [9.17, 15) is 9.59 Å². The van der Waals surface area contributed by atoms with Crippen molar-refractivity contribution in [3.63, 3.8) is 0 Å². The zero-order chi connectivity index (χ0) is 19.3. The molecule has 3 aromatic rings. The van der Waals surface area contributed by atoms with Crippen LogP contribution in [0.25, 0.3) is 0 Å². The maximum absolute atomic E-state index is 12.9. The maximum Gasteiger partial charge on any atom is 0.254 e. The first-order chi connectivity index (χ1) is 13.7. The molecule has 0 atom stereocenters. The molecule has 0 bridgehead atoms. The lowest BCUT2D eigenvalue weighted by Crippen LogP contribution is -2.36. The molecule has 1 aliphatic heterocycles. The van der Waals surface area contributed by atoms with E-state index >= 15 is 0 Å². The van der Waals surface area contributed by atoms with Crippen molar-refractivity contribution in [1.82, 2.24) is 15.2 Å². The number of hydrogen-bond acceptors (Lipinski definition) is 3. The van der Waals surface area contributed by atoms with Gasteiger partial charge in [-0.3, -0.25) is 14.6 Å². The van der Waals surface area contributed by atoms with Gasteiger partial charge in [-0.2, -0.15) is 0 Å². The molecule has 1 N–H and O–H groups in total. The van der Waals surface area contributed by atoms with Gasteiger partial charge in [0.05, 0.1) is 12.2 Å². The van der Waals surface area contributed by atoms with Gasteiger partial charge in [-0.25, -0.2) is 0 Å². The summed E-state index contributed by atoms with van der Waals surface area (Å²) in [5.41, 5.74) is 4.28. The van der Waals surface area contributed by atoms with Crippen molar-refractivity contribution < 1.29 is 9.59 Å². The third kappa shape index (κ3) is 3.93. The van der Waals surface area contributed by atoms with Crippen LogP contribution in [0.1, 0.15) is 37.5 Å². The van der Waals surface area contributed by atoms with Gasteiger partial charge in [-0.1, -0.05) is 36.4 Å². The number of hydrogen-bond donors (Lipinski definition) is 1. The molecule has 1 aromatic heterocycles. The Morgan fingerprint density at radius 2 is 1.71 bits per heavy atom. The van der Waals surface area contributed by atoms with E-state index in [1.807, 2.05) is 35.2 Å². The van der Waals surface area contributed by atoms with Crippen LogP contribution >= 0.6 is 0 Å². The van der Waals surface area contributed by atoms with Crippen molar-refractivity contribution in [1.29, 1.82) is 0 Å². The second-order valence-electron chi connectivity index (χ2n) is 6.83. The molecule has 2 heterocycles. The van der Waals surface area contributed by atoms with E-state index in [0.29, 0.717) is 30.8 Å². The molecule has 0 saturated heterocycles. The van der Waals surface area contributed by atoms with Gasteiger partial charge in [0.2, 0.25) is 0 Å². The molecular weight excluding hydrogens is 350 g/mol. The van der Waals surface area contributed by atoms with Crippen molar-refractivity contribution in [3.05, 3.63) is 101 Å². The molecule has 4 rings (SSSR count). The van der Waals surface area contributed by atoms with Gasteiger partial charge in [0.25, 0.3) is 11.8 Å². The molecule has 0 unspecified atom stereocenters. The largest absolute Gasteiger partial charge is 0.346 e. The highest BCUT2D eigenvalue weighted by molar-refractivity contribution is 5.99. The van der Waals surface area contributed by atoms with Gasteiger partial charge in [0, 0.05) is 30.4 Å². The van der Waals surface area contributed by atoms with E-state index < -0.39 is 0 Å². The molecule has 1 aliphatic rings. The highest BCUT2D eigenvalue weighted by atomic mass is 16.2. The van der Waals surface area contributed by atoms with Gasteiger partial charge in [0.15, 0.2) is 0 Å². The lowest BCUT2D eigenvalue weighted by molar-refractivity contribution is 0.0734. The van der Waals surface area contributed by atoms with E-state index in [0.717, 1.165) is 12.1 Å². The minimum atomic E-state index is -0.218. The minimum Gasteiger partial charge on any atom is -0.346 e. The van der Waals surface area contributed by atoms with Gasteiger partial charge in [0.1, 0.15) is 0 Å². The Kier molecular flexibility index (Phi) is 5.15. The second-order valence-corrected chi connectivity index (χ2v) is 6.83. The summed E-state index contributed by atoms with van der Waals surface area (Å²) < 4.78 is 0. The van der Waals surface area contributed by atoms with E-state index in [2.05, 4.69) is 22.4 Å². The first kappa shape index (κ1) is 17.9. The fourth-order valence-electron chi connectivity index (χ4n) is 3.42. The molecule has 2 amide bonds. The summed E-state index contributed by atoms with van der Waals surface area (Å²) in [5.74, 6) is -0.266. The van der Waals surface area contributed by atoms with E-state index in [4.69, 9.17) is 0 Å². The average molecular weight is 371 g/mol. The van der Waals surface area contributed by atoms with Crippen LogP contribution in [0.15, 0.2) is 72.9 Å². The Bertz CT molecular complexity index is 1000. The second kappa shape index (κ2) is 8.05. The third-order valence-corrected chi connectivity index (χ3v) is 4.95. The standard InChI is InChI=1S/C23H21N3O2/c27-22(25-15-21-10-3-4-12-24-21)18-8-5-9-19(14-18)23(28)26-13-11-17-6-1-2-7-20(17)16-26/h1-10,12,14H,11,13,15-16H2,(H,25,27). The number of aromatic nitrogens is 1. The van der Waals surface area contributed by atoms with Gasteiger partial charge >= 0.3 is 0 Å². The Morgan fingerprint density at radius 1 is 0.929 bits per heavy atom. The first-order valence-electron chi connectivity index (χ1n) is 9.35. The van der Waals surface area contributed by atoms with E-state index in [1.165, 1.54) is 11.1 Å².